The summed E-state index contributed by atoms with van der Waals surface area (Å²) in [5.41, 5.74) is 3.89. The second kappa shape index (κ2) is 7.76. The van der Waals surface area contributed by atoms with E-state index in [1.165, 1.54) is 5.69 Å². The van der Waals surface area contributed by atoms with Gasteiger partial charge >= 0.3 is 0 Å². The average molecular weight is 374 g/mol. The van der Waals surface area contributed by atoms with Crippen LogP contribution in [0.1, 0.15) is 29.5 Å². The van der Waals surface area contributed by atoms with Gasteiger partial charge in [-0.1, -0.05) is 17.7 Å². The number of pyridine rings is 1. The number of anilines is 1. The van der Waals surface area contributed by atoms with Crippen LogP contribution < -0.4 is 9.62 Å². The van der Waals surface area contributed by atoms with Crippen LogP contribution in [0.15, 0.2) is 41.6 Å². The van der Waals surface area contributed by atoms with Crippen molar-refractivity contribution in [2.24, 2.45) is 5.92 Å². The van der Waals surface area contributed by atoms with Gasteiger partial charge in [-0.3, -0.25) is 4.98 Å². The van der Waals surface area contributed by atoms with Crippen LogP contribution in [0.5, 0.6) is 0 Å². The Balaban J connectivity index is 1.60. The van der Waals surface area contributed by atoms with Crippen molar-refractivity contribution >= 4 is 15.7 Å². The number of sulfonamides is 1. The molecule has 1 N–H and O–H groups in total. The minimum absolute atomic E-state index is 0.369. The molecule has 0 spiro atoms. The van der Waals surface area contributed by atoms with Gasteiger partial charge in [-0.15, -0.1) is 0 Å². The van der Waals surface area contributed by atoms with Gasteiger partial charge < -0.3 is 4.90 Å². The molecule has 1 aliphatic heterocycles. The van der Waals surface area contributed by atoms with Gasteiger partial charge in [0, 0.05) is 37.7 Å². The highest BCUT2D eigenvalue weighted by Gasteiger charge is 2.24. The van der Waals surface area contributed by atoms with Crippen molar-refractivity contribution in [3.63, 3.8) is 0 Å². The molecule has 0 amide bonds. The molecule has 5 nitrogen and oxygen atoms in total. The SMILES string of the molecule is Cc1cc(C)c(S(=O)(=O)NCC2CCN(c3ccncc3)CC2)c(C)c1. The third kappa shape index (κ3) is 4.24. The zero-order valence-electron chi connectivity index (χ0n) is 15.7. The first-order valence-electron chi connectivity index (χ1n) is 9.09. The summed E-state index contributed by atoms with van der Waals surface area (Å²) in [5.74, 6) is 0.369. The Morgan fingerprint density at radius 2 is 1.65 bits per heavy atom. The molecule has 140 valence electrons. The Morgan fingerprint density at radius 3 is 2.23 bits per heavy atom. The van der Waals surface area contributed by atoms with Crippen molar-refractivity contribution < 1.29 is 8.42 Å². The molecule has 1 fully saturated rings. The molecule has 6 heteroatoms. The largest absolute Gasteiger partial charge is 0.371 e. The summed E-state index contributed by atoms with van der Waals surface area (Å²) in [6.45, 7) is 8.10. The van der Waals surface area contributed by atoms with E-state index in [-0.39, 0.29) is 0 Å². The summed E-state index contributed by atoms with van der Waals surface area (Å²) >= 11 is 0. The Morgan fingerprint density at radius 1 is 1.08 bits per heavy atom. The van der Waals surface area contributed by atoms with Crippen molar-refractivity contribution in [1.82, 2.24) is 9.71 Å². The van der Waals surface area contributed by atoms with Gasteiger partial charge in [0.15, 0.2) is 0 Å². The highest BCUT2D eigenvalue weighted by atomic mass is 32.2. The molecule has 0 atom stereocenters. The van der Waals surface area contributed by atoms with E-state index >= 15 is 0 Å². The van der Waals surface area contributed by atoms with Crippen LogP contribution >= 0.6 is 0 Å². The Hall–Kier alpha value is -1.92. The standard InChI is InChI=1S/C20H27N3O2S/c1-15-12-16(2)20(17(3)13-15)26(24,25)22-14-18-6-10-23(11-7-18)19-4-8-21-9-5-19/h4-5,8-9,12-13,18,22H,6-7,10-11,14H2,1-3H3. The van der Waals surface area contributed by atoms with Crippen LogP contribution in [-0.4, -0.2) is 33.0 Å². The number of benzene rings is 1. The fraction of sp³-hybridized carbons (Fsp3) is 0.450. The van der Waals surface area contributed by atoms with Crippen LogP contribution in [0.25, 0.3) is 0 Å². The third-order valence-corrected chi connectivity index (χ3v) is 6.81. The molecule has 0 aliphatic carbocycles. The second-order valence-corrected chi connectivity index (χ2v) is 8.92. The molecule has 1 aromatic carbocycles. The van der Waals surface area contributed by atoms with E-state index in [9.17, 15) is 8.42 Å². The molecule has 2 heterocycles. The molecule has 0 unspecified atom stereocenters. The Kier molecular flexibility index (Phi) is 5.63. The van der Waals surface area contributed by atoms with E-state index in [1.807, 2.05) is 57.4 Å². The minimum Gasteiger partial charge on any atom is -0.371 e. The number of hydrogen-bond donors (Lipinski definition) is 1. The van der Waals surface area contributed by atoms with Gasteiger partial charge in [0.1, 0.15) is 0 Å². The molecule has 26 heavy (non-hydrogen) atoms. The fourth-order valence-corrected chi connectivity index (χ4v) is 5.41. The van der Waals surface area contributed by atoms with E-state index < -0.39 is 10.0 Å². The number of rotatable bonds is 5. The Labute approximate surface area is 156 Å². The number of nitrogens with one attached hydrogen (secondary N) is 1. The normalized spacial score (nSPS) is 16.0. The van der Waals surface area contributed by atoms with Crippen LogP contribution in [0.3, 0.4) is 0 Å². The van der Waals surface area contributed by atoms with Crippen molar-refractivity contribution in [2.75, 3.05) is 24.5 Å². The maximum Gasteiger partial charge on any atom is 0.241 e. The topological polar surface area (TPSA) is 62.3 Å². The van der Waals surface area contributed by atoms with E-state index in [1.54, 1.807) is 0 Å². The van der Waals surface area contributed by atoms with E-state index in [0.29, 0.717) is 17.4 Å². The lowest BCUT2D eigenvalue weighted by Gasteiger charge is -2.33. The molecule has 0 bridgehead atoms. The second-order valence-electron chi connectivity index (χ2n) is 7.22. The summed E-state index contributed by atoms with van der Waals surface area (Å²) in [4.78, 5) is 6.82. The highest BCUT2D eigenvalue weighted by Crippen LogP contribution is 2.24. The lowest BCUT2D eigenvalue weighted by atomic mass is 9.97. The zero-order chi connectivity index (χ0) is 18.7. The molecule has 3 rings (SSSR count). The first-order chi connectivity index (χ1) is 12.4. The quantitative estimate of drug-likeness (QED) is 0.874. The van der Waals surface area contributed by atoms with Crippen molar-refractivity contribution in [3.8, 4) is 0 Å². The summed E-state index contributed by atoms with van der Waals surface area (Å²) in [6, 6.07) is 7.89. The average Bonchev–Trinajstić information content (AvgIpc) is 2.60. The van der Waals surface area contributed by atoms with Crippen molar-refractivity contribution in [2.45, 2.75) is 38.5 Å². The summed E-state index contributed by atoms with van der Waals surface area (Å²) in [7, 11) is -3.48. The van der Waals surface area contributed by atoms with Crippen molar-refractivity contribution in [1.29, 1.82) is 0 Å². The number of aryl methyl sites for hydroxylation is 3. The molecular formula is C20H27N3O2S. The number of aromatic nitrogens is 1. The first kappa shape index (κ1) is 18.9. The summed E-state index contributed by atoms with van der Waals surface area (Å²) < 4.78 is 28.4. The van der Waals surface area contributed by atoms with E-state index in [4.69, 9.17) is 0 Å². The predicted octanol–water partition coefficient (Wildman–Crippen LogP) is 3.20. The monoisotopic (exact) mass is 373 g/mol. The number of hydrogen-bond acceptors (Lipinski definition) is 4. The zero-order valence-corrected chi connectivity index (χ0v) is 16.5. The molecule has 1 saturated heterocycles. The lowest BCUT2D eigenvalue weighted by Crippen LogP contribution is -2.38. The van der Waals surface area contributed by atoms with Gasteiger partial charge in [0.25, 0.3) is 0 Å². The maximum absolute atomic E-state index is 12.8. The predicted molar refractivity (Wildman–Crippen MR) is 105 cm³/mol. The molecule has 1 aromatic heterocycles. The first-order valence-corrected chi connectivity index (χ1v) is 10.6. The third-order valence-electron chi connectivity index (χ3n) is 5.08. The van der Waals surface area contributed by atoms with Crippen molar-refractivity contribution in [3.05, 3.63) is 53.3 Å². The van der Waals surface area contributed by atoms with Crippen LogP contribution in [0, 0.1) is 26.7 Å². The molecule has 0 saturated carbocycles. The molecule has 0 radical (unpaired) electrons. The fourth-order valence-electron chi connectivity index (χ4n) is 3.84. The molecule has 2 aromatic rings. The lowest BCUT2D eigenvalue weighted by molar-refractivity contribution is 0.402. The van der Waals surface area contributed by atoms with Crippen LogP contribution in [-0.2, 0) is 10.0 Å². The highest BCUT2D eigenvalue weighted by molar-refractivity contribution is 7.89. The van der Waals surface area contributed by atoms with Crippen LogP contribution in [0.2, 0.25) is 0 Å². The van der Waals surface area contributed by atoms with Gasteiger partial charge in [-0.2, -0.15) is 0 Å². The van der Waals surface area contributed by atoms with E-state index in [0.717, 1.165) is 42.6 Å². The number of nitrogens with zero attached hydrogens (tertiary/aromatic N) is 2. The van der Waals surface area contributed by atoms with Gasteiger partial charge in [-0.25, -0.2) is 13.1 Å². The molecular weight excluding hydrogens is 346 g/mol. The molecule has 1 aliphatic rings. The number of piperidine rings is 1. The van der Waals surface area contributed by atoms with E-state index in [2.05, 4.69) is 14.6 Å². The van der Waals surface area contributed by atoms with Gasteiger partial charge in [0.05, 0.1) is 4.90 Å². The smallest absolute Gasteiger partial charge is 0.241 e. The maximum atomic E-state index is 12.8. The van der Waals surface area contributed by atoms with Crippen LogP contribution in [0.4, 0.5) is 5.69 Å². The van der Waals surface area contributed by atoms with Gasteiger partial charge in [-0.05, 0) is 62.8 Å². The summed E-state index contributed by atoms with van der Waals surface area (Å²) in [5, 5.41) is 0. The summed E-state index contributed by atoms with van der Waals surface area (Å²) in [6.07, 6.45) is 5.58. The Bertz CT molecular complexity index is 835. The van der Waals surface area contributed by atoms with Gasteiger partial charge in [0.2, 0.25) is 10.0 Å². The minimum atomic E-state index is -3.48.